The van der Waals surface area contributed by atoms with Crippen LogP contribution < -0.4 is 0 Å². The lowest BCUT2D eigenvalue weighted by atomic mass is 9.99. The number of hydrogen-bond donors (Lipinski definition) is 1. The van der Waals surface area contributed by atoms with E-state index in [0.717, 1.165) is 5.56 Å². The van der Waals surface area contributed by atoms with Crippen LogP contribution >= 0.6 is 11.6 Å². The van der Waals surface area contributed by atoms with Gasteiger partial charge >= 0.3 is 5.97 Å². The molecule has 0 aromatic heterocycles. The van der Waals surface area contributed by atoms with Crippen molar-refractivity contribution >= 4 is 23.4 Å². The van der Waals surface area contributed by atoms with E-state index in [0.29, 0.717) is 23.4 Å². The summed E-state index contributed by atoms with van der Waals surface area (Å²) in [5.74, 6) is -1.59. The summed E-state index contributed by atoms with van der Waals surface area (Å²) < 4.78 is 0. The fourth-order valence-corrected chi connectivity index (χ4v) is 2.17. The predicted octanol–water partition coefficient (Wildman–Crippen LogP) is 2.56. The zero-order chi connectivity index (χ0) is 11.7. The lowest BCUT2D eigenvalue weighted by Gasteiger charge is -2.05. The summed E-state index contributed by atoms with van der Waals surface area (Å²) in [5, 5.41) is 9.45. The third-order valence-electron chi connectivity index (χ3n) is 2.92. The van der Waals surface area contributed by atoms with Crippen LogP contribution in [0.4, 0.5) is 0 Å². The van der Waals surface area contributed by atoms with E-state index in [4.69, 9.17) is 16.7 Å². The minimum absolute atomic E-state index is 0.0721. The third-order valence-corrected chi connectivity index (χ3v) is 3.15. The molecule has 0 heterocycles. The van der Waals surface area contributed by atoms with E-state index in [-0.39, 0.29) is 12.2 Å². The molecule has 0 amide bonds. The highest BCUT2D eigenvalue weighted by molar-refractivity contribution is 6.31. The van der Waals surface area contributed by atoms with Crippen molar-refractivity contribution in [3.05, 3.63) is 34.3 Å². The molecule has 1 aliphatic rings. The van der Waals surface area contributed by atoms with Crippen LogP contribution in [0, 0.1) is 5.92 Å². The molecule has 0 bridgehead atoms. The summed E-state index contributed by atoms with van der Waals surface area (Å²) in [5.41, 5.74) is 1.48. The van der Waals surface area contributed by atoms with Crippen LogP contribution in [0.15, 0.2) is 18.2 Å². The van der Waals surface area contributed by atoms with Gasteiger partial charge in [-0.3, -0.25) is 9.59 Å². The SMILES string of the molecule is O=C1CC(C(=O)O)CCc2ccc(Cl)cc21. The minimum Gasteiger partial charge on any atom is -0.481 e. The van der Waals surface area contributed by atoms with Gasteiger partial charge in [0, 0.05) is 17.0 Å². The third kappa shape index (κ3) is 2.09. The van der Waals surface area contributed by atoms with E-state index < -0.39 is 11.9 Å². The Labute approximate surface area is 98.0 Å². The van der Waals surface area contributed by atoms with Crippen LogP contribution in [0.5, 0.6) is 0 Å². The molecular formula is C12H11ClO3. The molecule has 0 saturated carbocycles. The molecule has 1 unspecified atom stereocenters. The van der Waals surface area contributed by atoms with Gasteiger partial charge in [0.2, 0.25) is 0 Å². The Hall–Kier alpha value is -1.35. The van der Waals surface area contributed by atoms with E-state index >= 15 is 0 Å². The van der Waals surface area contributed by atoms with Gasteiger partial charge in [0.1, 0.15) is 0 Å². The number of benzene rings is 1. The molecule has 1 N–H and O–H groups in total. The number of halogens is 1. The number of fused-ring (bicyclic) bond motifs is 1. The van der Waals surface area contributed by atoms with Crippen LogP contribution in [-0.4, -0.2) is 16.9 Å². The largest absolute Gasteiger partial charge is 0.481 e. The summed E-state index contributed by atoms with van der Waals surface area (Å²) in [4.78, 5) is 22.7. The van der Waals surface area contributed by atoms with Gasteiger partial charge in [-0.05, 0) is 30.5 Å². The molecule has 4 heteroatoms. The number of carbonyl (C=O) groups excluding carboxylic acids is 1. The van der Waals surface area contributed by atoms with Crippen LogP contribution in [0.1, 0.15) is 28.8 Å². The fraction of sp³-hybridized carbons (Fsp3) is 0.333. The van der Waals surface area contributed by atoms with Crippen molar-refractivity contribution in [2.24, 2.45) is 5.92 Å². The first-order valence-electron chi connectivity index (χ1n) is 5.12. The van der Waals surface area contributed by atoms with Crippen LogP contribution in [0.3, 0.4) is 0 Å². The maximum Gasteiger partial charge on any atom is 0.306 e. The highest BCUT2D eigenvalue weighted by atomic mass is 35.5. The lowest BCUT2D eigenvalue weighted by molar-refractivity contribution is -0.141. The molecule has 0 radical (unpaired) electrons. The van der Waals surface area contributed by atoms with E-state index in [1.54, 1.807) is 18.2 Å². The first kappa shape index (κ1) is 11.1. The predicted molar refractivity (Wildman–Crippen MR) is 59.8 cm³/mol. The maximum absolute atomic E-state index is 11.9. The van der Waals surface area contributed by atoms with Crippen molar-refractivity contribution in [3.63, 3.8) is 0 Å². The molecule has 1 atom stereocenters. The number of hydrogen-bond acceptors (Lipinski definition) is 2. The monoisotopic (exact) mass is 238 g/mol. The highest BCUT2D eigenvalue weighted by Gasteiger charge is 2.26. The Bertz CT molecular complexity index is 454. The van der Waals surface area contributed by atoms with Crippen LogP contribution in [0.25, 0.3) is 0 Å². The standard InChI is InChI=1S/C12H11ClO3/c13-9-4-3-7-1-2-8(12(15)16)5-11(14)10(7)6-9/h3-4,6,8H,1-2,5H2,(H,15,16). The van der Waals surface area contributed by atoms with Crippen molar-refractivity contribution in [1.82, 2.24) is 0 Å². The molecule has 0 fully saturated rings. The second-order valence-electron chi connectivity index (χ2n) is 4.00. The van der Waals surface area contributed by atoms with Crippen molar-refractivity contribution in [2.75, 3.05) is 0 Å². The topological polar surface area (TPSA) is 54.4 Å². The van der Waals surface area contributed by atoms with E-state index in [2.05, 4.69) is 0 Å². The number of aryl methyl sites for hydroxylation is 1. The van der Waals surface area contributed by atoms with Crippen molar-refractivity contribution in [1.29, 1.82) is 0 Å². The molecular weight excluding hydrogens is 228 g/mol. The number of carboxylic acids is 1. The molecule has 2 rings (SSSR count). The molecule has 0 spiro atoms. The highest BCUT2D eigenvalue weighted by Crippen LogP contribution is 2.26. The molecule has 3 nitrogen and oxygen atoms in total. The van der Waals surface area contributed by atoms with Crippen LogP contribution in [-0.2, 0) is 11.2 Å². The zero-order valence-electron chi connectivity index (χ0n) is 8.57. The summed E-state index contributed by atoms with van der Waals surface area (Å²) in [6.07, 6.45) is 1.20. The van der Waals surface area contributed by atoms with Gasteiger partial charge in [0.05, 0.1) is 5.92 Å². The van der Waals surface area contributed by atoms with E-state index in [9.17, 15) is 9.59 Å². The summed E-state index contributed by atoms with van der Waals surface area (Å²) in [6.45, 7) is 0. The molecule has 16 heavy (non-hydrogen) atoms. The Morgan fingerprint density at radius 2 is 2.19 bits per heavy atom. The van der Waals surface area contributed by atoms with Gasteiger partial charge in [-0.2, -0.15) is 0 Å². The van der Waals surface area contributed by atoms with Gasteiger partial charge in [-0.25, -0.2) is 0 Å². The fourth-order valence-electron chi connectivity index (χ4n) is 2.00. The number of carbonyl (C=O) groups is 2. The number of ketones is 1. The zero-order valence-corrected chi connectivity index (χ0v) is 9.33. The molecule has 0 aliphatic heterocycles. The smallest absolute Gasteiger partial charge is 0.306 e. The number of rotatable bonds is 1. The van der Waals surface area contributed by atoms with Gasteiger partial charge in [-0.15, -0.1) is 0 Å². The molecule has 1 aromatic rings. The van der Waals surface area contributed by atoms with Gasteiger partial charge < -0.3 is 5.11 Å². The Morgan fingerprint density at radius 1 is 1.44 bits per heavy atom. The minimum atomic E-state index is -0.896. The average molecular weight is 239 g/mol. The first-order valence-corrected chi connectivity index (χ1v) is 5.50. The molecule has 1 aliphatic carbocycles. The Balaban J connectivity index is 2.36. The number of aliphatic carboxylic acids is 1. The number of Topliss-reactive ketones (excluding diaryl/α,β-unsaturated/α-hetero) is 1. The van der Waals surface area contributed by atoms with E-state index in [1.807, 2.05) is 0 Å². The van der Waals surface area contributed by atoms with Gasteiger partial charge in [0.15, 0.2) is 5.78 Å². The van der Waals surface area contributed by atoms with Gasteiger partial charge in [0.25, 0.3) is 0 Å². The maximum atomic E-state index is 11.9. The van der Waals surface area contributed by atoms with Crippen molar-refractivity contribution < 1.29 is 14.7 Å². The number of carboxylic acid groups (broad SMARTS) is 1. The Kier molecular flexibility index (Phi) is 2.97. The van der Waals surface area contributed by atoms with Crippen molar-refractivity contribution in [2.45, 2.75) is 19.3 Å². The summed E-state index contributed by atoms with van der Waals surface area (Å²) in [6, 6.07) is 5.16. The second kappa shape index (κ2) is 4.26. The average Bonchev–Trinajstić information content (AvgIpc) is 2.39. The molecule has 0 saturated heterocycles. The Morgan fingerprint density at radius 3 is 2.88 bits per heavy atom. The lowest BCUT2D eigenvalue weighted by Crippen LogP contribution is -2.16. The summed E-state index contributed by atoms with van der Waals surface area (Å²) >= 11 is 5.83. The molecule has 84 valence electrons. The quantitative estimate of drug-likeness (QED) is 0.765. The molecule has 1 aromatic carbocycles. The van der Waals surface area contributed by atoms with E-state index in [1.165, 1.54) is 0 Å². The first-order chi connectivity index (χ1) is 7.58. The van der Waals surface area contributed by atoms with Crippen LogP contribution in [0.2, 0.25) is 5.02 Å². The summed E-state index contributed by atoms with van der Waals surface area (Å²) in [7, 11) is 0. The second-order valence-corrected chi connectivity index (χ2v) is 4.44. The van der Waals surface area contributed by atoms with Gasteiger partial charge in [-0.1, -0.05) is 17.7 Å². The normalized spacial score (nSPS) is 20.1. The van der Waals surface area contributed by atoms with Crippen molar-refractivity contribution in [3.8, 4) is 0 Å².